The molecule has 0 bridgehead atoms. The summed E-state index contributed by atoms with van der Waals surface area (Å²) in [7, 11) is 0. The maximum Gasteiger partial charge on any atom is 0.0489 e. The Bertz CT molecular complexity index is 354. The van der Waals surface area contributed by atoms with Crippen molar-refractivity contribution in [1.82, 2.24) is 9.78 Å². The first-order chi connectivity index (χ1) is 11.4. The lowest BCUT2D eigenvalue weighted by molar-refractivity contribution is 0.525. The van der Waals surface area contributed by atoms with Gasteiger partial charge in [-0.05, 0) is 38.2 Å². The molecule has 0 radical (unpaired) electrons. The standard InChI is InChI=1S/C21H38N2/c1-2-3-4-5-6-7-8-9-10-11-12-13-14-15-16-17-20-23-21-18-19-22-23/h9-10,18-19,21H,2-8,11-17,20H2,1H3/b10-9-. The molecule has 2 nitrogen and oxygen atoms in total. The summed E-state index contributed by atoms with van der Waals surface area (Å²) in [4.78, 5) is 0. The van der Waals surface area contributed by atoms with E-state index in [0.29, 0.717) is 0 Å². The normalized spacial score (nSPS) is 11.5. The van der Waals surface area contributed by atoms with Gasteiger partial charge in [-0.1, -0.05) is 76.9 Å². The fraction of sp³-hybridized carbons (Fsp3) is 0.762. The Kier molecular flexibility index (Phi) is 13.8. The maximum atomic E-state index is 4.23. The van der Waals surface area contributed by atoms with Gasteiger partial charge in [0.05, 0.1) is 0 Å². The van der Waals surface area contributed by atoms with Crippen molar-refractivity contribution in [3.8, 4) is 0 Å². The van der Waals surface area contributed by atoms with E-state index in [-0.39, 0.29) is 0 Å². The molecule has 0 aromatic carbocycles. The van der Waals surface area contributed by atoms with Crippen molar-refractivity contribution in [3.05, 3.63) is 30.6 Å². The summed E-state index contributed by atoms with van der Waals surface area (Å²) < 4.78 is 2.04. The second-order valence-corrected chi connectivity index (χ2v) is 6.71. The number of nitrogens with zero attached hydrogens (tertiary/aromatic N) is 2. The number of unbranched alkanes of at least 4 members (excludes halogenated alkanes) is 12. The highest BCUT2D eigenvalue weighted by Crippen LogP contribution is 2.10. The zero-order valence-corrected chi connectivity index (χ0v) is 15.4. The number of allylic oxidation sites excluding steroid dienone is 2. The average Bonchev–Trinajstić information content (AvgIpc) is 3.08. The minimum atomic E-state index is 1.08. The van der Waals surface area contributed by atoms with Gasteiger partial charge in [-0.3, -0.25) is 4.68 Å². The van der Waals surface area contributed by atoms with Crippen molar-refractivity contribution in [3.63, 3.8) is 0 Å². The molecule has 0 saturated heterocycles. The van der Waals surface area contributed by atoms with Crippen molar-refractivity contribution < 1.29 is 0 Å². The molecule has 1 heterocycles. The lowest BCUT2D eigenvalue weighted by Crippen LogP contribution is -1.97. The molecule has 0 aliphatic carbocycles. The molecule has 23 heavy (non-hydrogen) atoms. The van der Waals surface area contributed by atoms with Crippen LogP contribution in [0.4, 0.5) is 0 Å². The molecule has 0 aliphatic rings. The van der Waals surface area contributed by atoms with Crippen LogP contribution in [0.5, 0.6) is 0 Å². The van der Waals surface area contributed by atoms with E-state index in [1.165, 1.54) is 89.9 Å². The van der Waals surface area contributed by atoms with Crippen molar-refractivity contribution in [2.45, 2.75) is 103 Å². The van der Waals surface area contributed by atoms with Crippen molar-refractivity contribution >= 4 is 0 Å². The van der Waals surface area contributed by atoms with E-state index in [1.54, 1.807) is 0 Å². The van der Waals surface area contributed by atoms with Crippen LogP contribution in [0.1, 0.15) is 96.8 Å². The van der Waals surface area contributed by atoms with Gasteiger partial charge in [0, 0.05) is 18.9 Å². The minimum absolute atomic E-state index is 1.08. The van der Waals surface area contributed by atoms with Gasteiger partial charge in [0.25, 0.3) is 0 Å². The largest absolute Gasteiger partial charge is 0.273 e. The zero-order chi connectivity index (χ0) is 16.4. The summed E-state index contributed by atoms with van der Waals surface area (Å²) in [6.45, 7) is 3.36. The smallest absolute Gasteiger partial charge is 0.0489 e. The summed E-state index contributed by atoms with van der Waals surface area (Å²) in [6, 6.07) is 2.00. The average molecular weight is 319 g/mol. The van der Waals surface area contributed by atoms with Gasteiger partial charge in [-0.2, -0.15) is 5.10 Å². The number of hydrogen-bond acceptors (Lipinski definition) is 1. The fourth-order valence-corrected chi connectivity index (χ4v) is 2.95. The summed E-state index contributed by atoms with van der Waals surface area (Å²) in [5, 5.41) is 4.23. The van der Waals surface area contributed by atoms with Crippen LogP contribution in [0, 0.1) is 0 Å². The Labute approximate surface area is 144 Å². The van der Waals surface area contributed by atoms with Gasteiger partial charge in [0.15, 0.2) is 0 Å². The summed E-state index contributed by atoms with van der Waals surface area (Å²) in [5.74, 6) is 0. The molecule has 1 rings (SSSR count). The molecular formula is C21H38N2. The van der Waals surface area contributed by atoms with Crippen molar-refractivity contribution in [1.29, 1.82) is 0 Å². The third-order valence-electron chi connectivity index (χ3n) is 4.46. The quantitative estimate of drug-likeness (QED) is 0.239. The molecular weight excluding hydrogens is 280 g/mol. The fourth-order valence-electron chi connectivity index (χ4n) is 2.95. The molecule has 1 aromatic heterocycles. The van der Waals surface area contributed by atoms with Crippen LogP contribution < -0.4 is 0 Å². The van der Waals surface area contributed by atoms with E-state index in [1.807, 2.05) is 16.9 Å². The Morgan fingerprint density at radius 2 is 1.30 bits per heavy atom. The number of rotatable bonds is 16. The first kappa shape index (κ1) is 20.0. The Morgan fingerprint density at radius 1 is 0.739 bits per heavy atom. The lowest BCUT2D eigenvalue weighted by atomic mass is 10.1. The van der Waals surface area contributed by atoms with E-state index in [2.05, 4.69) is 30.4 Å². The third kappa shape index (κ3) is 13.1. The maximum absolute atomic E-state index is 4.23. The van der Waals surface area contributed by atoms with E-state index >= 15 is 0 Å². The van der Waals surface area contributed by atoms with Gasteiger partial charge in [-0.15, -0.1) is 0 Å². The third-order valence-corrected chi connectivity index (χ3v) is 4.46. The van der Waals surface area contributed by atoms with Gasteiger partial charge >= 0.3 is 0 Å². The second-order valence-electron chi connectivity index (χ2n) is 6.71. The van der Waals surface area contributed by atoms with E-state index in [0.717, 1.165) is 6.54 Å². The molecule has 0 aliphatic heterocycles. The van der Waals surface area contributed by atoms with Gasteiger partial charge in [0.1, 0.15) is 0 Å². The molecule has 2 heteroatoms. The Hall–Kier alpha value is -1.05. The van der Waals surface area contributed by atoms with Gasteiger partial charge in [0.2, 0.25) is 0 Å². The van der Waals surface area contributed by atoms with Crippen LogP contribution in [-0.4, -0.2) is 9.78 Å². The second kappa shape index (κ2) is 15.8. The van der Waals surface area contributed by atoms with Crippen LogP contribution in [0.25, 0.3) is 0 Å². The van der Waals surface area contributed by atoms with Crippen LogP contribution in [0.3, 0.4) is 0 Å². The highest BCUT2D eigenvalue weighted by Gasteiger charge is 1.93. The van der Waals surface area contributed by atoms with E-state index in [9.17, 15) is 0 Å². The first-order valence-corrected chi connectivity index (χ1v) is 10.1. The van der Waals surface area contributed by atoms with Crippen molar-refractivity contribution in [2.24, 2.45) is 0 Å². The van der Waals surface area contributed by atoms with Crippen LogP contribution in [0.15, 0.2) is 30.6 Å². The molecule has 0 atom stereocenters. The van der Waals surface area contributed by atoms with E-state index < -0.39 is 0 Å². The highest BCUT2D eigenvalue weighted by atomic mass is 15.3. The number of aryl methyl sites for hydroxylation is 1. The SMILES string of the molecule is CCCCCCCC/C=C\CCCCCCCCn1cccn1. The molecule has 0 saturated carbocycles. The monoisotopic (exact) mass is 318 g/mol. The molecule has 1 aromatic rings. The van der Waals surface area contributed by atoms with Crippen LogP contribution >= 0.6 is 0 Å². The molecule has 132 valence electrons. The topological polar surface area (TPSA) is 17.8 Å². The number of hydrogen-bond donors (Lipinski definition) is 0. The van der Waals surface area contributed by atoms with Crippen LogP contribution in [0.2, 0.25) is 0 Å². The predicted molar refractivity (Wildman–Crippen MR) is 102 cm³/mol. The first-order valence-electron chi connectivity index (χ1n) is 10.1. The summed E-state index contributed by atoms with van der Waals surface area (Å²) in [5.41, 5.74) is 0. The minimum Gasteiger partial charge on any atom is -0.273 e. The van der Waals surface area contributed by atoms with Gasteiger partial charge < -0.3 is 0 Å². The molecule has 0 N–H and O–H groups in total. The summed E-state index contributed by atoms with van der Waals surface area (Å²) in [6.07, 6.45) is 27.9. The van der Waals surface area contributed by atoms with E-state index in [4.69, 9.17) is 0 Å². The Balaban J connectivity index is 1.73. The predicted octanol–water partition coefficient (Wildman–Crippen LogP) is 6.92. The lowest BCUT2D eigenvalue weighted by Gasteiger charge is -2.02. The molecule has 0 amide bonds. The molecule has 0 unspecified atom stereocenters. The Morgan fingerprint density at radius 3 is 1.87 bits per heavy atom. The zero-order valence-electron chi connectivity index (χ0n) is 15.4. The van der Waals surface area contributed by atoms with Crippen molar-refractivity contribution in [2.75, 3.05) is 0 Å². The molecule has 0 spiro atoms. The highest BCUT2D eigenvalue weighted by molar-refractivity contribution is 4.81. The van der Waals surface area contributed by atoms with Gasteiger partial charge in [-0.25, -0.2) is 0 Å². The van der Waals surface area contributed by atoms with Crippen LogP contribution in [-0.2, 0) is 6.54 Å². The summed E-state index contributed by atoms with van der Waals surface area (Å²) >= 11 is 0. The number of aromatic nitrogens is 2. The molecule has 0 fully saturated rings.